The van der Waals surface area contributed by atoms with Gasteiger partial charge in [-0.1, -0.05) is 6.42 Å². The zero-order chi connectivity index (χ0) is 18.5. The average molecular weight is 374 g/mol. The van der Waals surface area contributed by atoms with Gasteiger partial charge in [0.1, 0.15) is 13.2 Å². The fraction of sp³-hybridized carbons (Fsp3) is 0.667. The molecule has 2 saturated heterocycles. The number of rotatable bonds is 5. The molecule has 0 aliphatic carbocycles. The van der Waals surface area contributed by atoms with Crippen molar-refractivity contribution in [3.05, 3.63) is 23.8 Å². The number of amides is 1. The number of nitrogens with one attached hydrogen (secondary N) is 1. The highest BCUT2D eigenvalue weighted by molar-refractivity contribution is 5.94. The van der Waals surface area contributed by atoms with Gasteiger partial charge < -0.3 is 24.4 Å². The van der Waals surface area contributed by atoms with Crippen LogP contribution in [0.2, 0.25) is 0 Å². The van der Waals surface area contributed by atoms with Crippen LogP contribution in [0.25, 0.3) is 0 Å². The lowest BCUT2D eigenvalue weighted by atomic mass is 9.79. The Morgan fingerprint density at radius 3 is 2.52 bits per heavy atom. The molecule has 0 spiro atoms. The molecule has 27 heavy (non-hydrogen) atoms. The zero-order valence-electron chi connectivity index (χ0n) is 16.0. The minimum Gasteiger partial charge on any atom is -0.486 e. The molecule has 0 unspecified atom stereocenters. The van der Waals surface area contributed by atoms with Crippen LogP contribution in [0.15, 0.2) is 18.2 Å². The highest BCUT2D eigenvalue weighted by Crippen LogP contribution is 2.33. The van der Waals surface area contributed by atoms with E-state index in [-0.39, 0.29) is 11.3 Å². The molecule has 0 saturated carbocycles. The zero-order valence-corrected chi connectivity index (χ0v) is 16.0. The Bertz CT molecular complexity index is 652. The van der Waals surface area contributed by atoms with Gasteiger partial charge in [0, 0.05) is 37.3 Å². The lowest BCUT2D eigenvalue weighted by molar-refractivity contribution is -0.00671. The Balaban J connectivity index is 1.40. The maximum atomic E-state index is 12.8. The van der Waals surface area contributed by atoms with Crippen LogP contribution in [0.1, 0.15) is 42.5 Å². The molecule has 3 heterocycles. The third-order valence-corrected chi connectivity index (χ3v) is 5.99. The number of hydrogen-bond donors (Lipinski definition) is 1. The number of hydrogen-bond acceptors (Lipinski definition) is 5. The molecule has 1 aromatic carbocycles. The van der Waals surface area contributed by atoms with Crippen molar-refractivity contribution in [1.82, 2.24) is 10.2 Å². The van der Waals surface area contributed by atoms with Crippen molar-refractivity contribution in [2.24, 2.45) is 5.41 Å². The van der Waals surface area contributed by atoms with Crippen molar-refractivity contribution in [3.8, 4) is 11.5 Å². The van der Waals surface area contributed by atoms with Gasteiger partial charge in [0.15, 0.2) is 11.5 Å². The number of carbonyl (C=O) groups is 1. The van der Waals surface area contributed by atoms with Crippen LogP contribution in [-0.2, 0) is 4.74 Å². The summed E-state index contributed by atoms with van der Waals surface area (Å²) in [6.45, 7) is 6.76. The van der Waals surface area contributed by atoms with E-state index >= 15 is 0 Å². The fourth-order valence-corrected chi connectivity index (χ4v) is 4.34. The van der Waals surface area contributed by atoms with E-state index in [9.17, 15) is 4.79 Å². The maximum absolute atomic E-state index is 12.8. The first kappa shape index (κ1) is 18.6. The Morgan fingerprint density at radius 1 is 1.00 bits per heavy atom. The molecule has 0 aromatic heterocycles. The third kappa shape index (κ3) is 4.55. The van der Waals surface area contributed by atoms with E-state index in [1.807, 2.05) is 12.1 Å². The highest BCUT2D eigenvalue weighted by Gasteiger charge is 2.35. The van der Waals surface area contributed by atoms with Crippen molar-refractivity contribution in [1.29, 1.82) is 0 Å². The standard InChI is InChI=1S/C21H30N2O4/c24-20(17-4-5-18-19(14-17)27-13-12-26-18)22-15-21(6-10-25-11-7-21)16-23-8-2-1-3-9-23/h4-5,14H,1-3,6-13,15-16H2,(H,22,24). The fourth-order valence-electron chi connectivity index (χ4n) is 4.34. The molecule has 1 amide bonds. The number of benzene rings is 1. The molecule has 0 bridgehead atoms. The van der Waals surface area contributed by atoms with Gasteiger partial charge in [-0.3, -0.25) is 4.79 Å². The Morgan fingerprint density at radius 2 is 1.74 bits per heavy atom. The quantitative estimate of drug-likeness (QED) is 0.858. The van der Waals surface area contributed by atoms with Crippen molar-refractivity contribution in [2.45, 2.75) is 32.1 Å². The monoisotopic (exact) mass is 374 g/mol. The van der Waals surface area contributed by atoms with Gasteiger partial charge in [0.25, 0.3) is 5.91 Å². The predicted molar refractivity (Wildman–Crippen MR) is 103 cm³/mol. The van der Waals surface area contributed by atoms with Crippen molar-refractivity contribution in [2.75, 3.05) is 52.6 Å². The topological polar surface area (TPSA) is 60.0 Å². The lowest BCUT2D eigenvalue weighted by Crippen LogP contribution is -2.49. The van der Waals surface area contributed by atoms with E-state index in [4.69, 9.17) is 14.2 Å². The first-order chi connectivity index (χ1) is 13.2. The summed E-state index contributed by atoms with van der Waals surface area (Å²) in [5.74, 6) is 1.32. The van der Waals surface area contributed by atoms with Crippen LogP contribution in [0, 0.1) is 5.41 Å². The van der Waals surface area contributed by atoms with E-state index in [2.05, 4.69) is 10.2 Å². The summed E-state index contributed by atoms with van der Waals surface area (Å²) < 4.78 is 16.7. The lowest BCUT2D eigenvalue weighted by Gasteiger charge is -2.42. The normalized spacial score (nSPS) is 22.2. The van der Waals surface area contributed by atoms with E-state index < -0.39 is 0 Å². The Labute approximate surface area is 161 Å². The second-order valence-electron chi connectivity index (χ2n) is 7.99. The number of likely N-dealkylation sites (tertiary alicyclic amines) is 1. The van der Waals surface area contributed by atoms with Gasteiger partial charge in [0.05, 0.1) is 0 Å². The number of piperidine rings is 1. The van der Waals surface area contributed by atoms with Crippen molar-refractivity contribution in [3.63, 3.8) is 0 Å². The number of carbonyl (C=O) groups excluding carboxylic acids is 1. The summed E-state index contributed by atoms with van der Waals surface area (Å²) in [5.41, 5.74) is 0.735. The average Bonchev–Trinajstić information content (AvgIpc) is 2.73. The van der Waals surface area contributed by atoms with Crippen LogP contribution in [0.4, 0.5) is 0 Å². The predicted octanol–water partition coefficient (Wildman–Crippen LogP) is 2.47. The molecular weight excluding hydrogens is 344 g/mol. The minimum absolute atomic E-state index is 0.0449. The van der Waals surface area contributed by atoms with Crippen LogP contribution in [0.5, 0.6) is 11.5 Å². The van der Waals surface area contributed by atoms with Crippen LogP contribution < -0.4 is 14.8 Å². The summed E-state index contributed by atoms with van der Waals surface area (Å²) in [5, 5.41) is 3.19. The van der Waals surface area contributed by atoms with Crippen molar-refractivity contribution >= 4 is 5.91 Å². The van der Waals surface area contributed by atoms with Gasteiger partial charge in [0.2, 0.25) is 0 Å². The molecule has 1 aromatic rings. The maximum Gasteiger partial charge on any atom is 0.251 e. The smallest absolute Gasteiger partial charge is 0.251 e. The second-order valence-corrected chi connectivity index (χ2v) is 7.99. The second kappa shape index (κ2) is 8.48. The summed E-state index contributed by atoms with van der Waals surface area (Å²) in [6, 6.07) is 5.41. The highest BCUT2D eigenvalue weighted by atomic mass is 16.6. The molecule has 2 fully saturated rings. The molecule has 3 aliphatic rings. The molecular formula is C21H30N2O4. The van der Waals surface area contributed by atoms with Crippen LogP contribution in [-0.4, -0.2) is 63.4 Å². The molecule has 1 N–H and O–H groups in total. The Hall–Kier alpha value is -1.79. The number of nitrogens with zero attached hydrogens (tertiary/aromatic N) is 1. The summed E-state index contributed by atoms with van der Waals surface area (Å²) >= 11 is 0. The Kier molecular flexibility index (Phi) is 5.83. The molecule has 6 heteroatoms. The SMILES string of the molecule is O=C(NCC1(CN2CCCCC2)CCOCC1)c1ccc2c(c1)OCCO2. The van der Waals surface area contributed by atoms with E-state index in [0.717, 1.165) is 32.6 Å². The first-order valence-corrected chi connectivity index (χ1v) is 10.2. The molecule has 3 aliphatic heterocycles. The van der Waals surface area contributed by atoms with Gasteiger partial charge >= 0.3 is 0 Å². The van der Waals surface area contributed by atoms with Crippen molar-refractivity contribution < 1.29 is 19.0 Å². The molecule has 148 valence electrons. The largest absolute Gasteiger partial charge is 0.486 e. The number of fused-ring (bicyclic) bond motifs is 1. The summed E-state index contributed by atoms with van der Waals surface area (Å²) in [7, 11) is 0. The van der Waals surface area contributed by atoms with E-state index in [1.54, 1.807) is 6.07 Å². The van der Waals surface area contributed by atoms with Gasteiger partial charge in [-0.25, -0.2) is 0 Å². The van der Waals surface area contributed by atoms with Crippen LogP contribution in [0.3, 0.4) is 0 Å². The molecule has 4 rings (SSSR count). The molecule has 0 atom stereocenters. The summed E-state index contributed by atoms with van der Waals surface area (Å²) in [6.07, 6.45) is 5.93. The van der Waals surface area contributed by atoms with Crippen LogP contribution >= 0.6 is 0 Å². The van der Waals surface area contributed by atoms with Gasteiger partial charge in [-0.15, -0.1) is 0 Å². The summed E-state index contributed by atoms with van der Waals surface area (Å²) in [4.78, 5) is 15.3. The number of ether oxygens (including phenoxy) is 3. The molecule has 0 radical (unpaired) electrons. The molecule has 6 nitrogen and oxygen atoms in total. The third-order valence-electron chi connectivity index (χ3n) is 5.99. The van der Waals surface area contributed by atoms with E-state index in [1.165, 1.54) is 32.4 Å². The van der Waals surface area contributed by atoms with Gasteiger partial charge in [-0.2, -0.15) is 0 Å². The first-order valence-electron chi connectivity index (χ1n) is 10.2. The van der Waals surface area contributed by atoms with Gasteiger partial charge in [-0.05, 0) is 57.0 Å². The minimum atomic E-state index is -0.0449. The van der Waals surface area contributed by atoms with E-state index in [0.29, 0.717) is 36.8 Å².